The highest BCUT2D eigenvalue weighted by Gasteiger charge is 2.22. The fourth-order valence-corrected chi connectivity index (χ4v) is 2.53. The molecule has 0 aliphatic heterocycles. The largest absolute Gasteiger partial charge is 0.508 e. The summed E-state index contributed by atoms with van der Waals surface area (Å²) >= 11 is 0. The average molecular weight is 252 g/mol. The van der Waals surface area contributed by atoms with Crippen LogP contribution in [-0.2, 0) is 9.84 Å². The van der Waals surface area contributed by atoms with E-state index in [1.54, 1.807) is 0 Å². The number of aldehydes is 1. The lowest BCUT2D eigenvalue weighted by Crippen LogP contribution is -2.00. The summed E-state index contributed by atoms with van der Waals surface area (Å²) in [4.78, 5) is 10.3. The number of rotatable bonds is 3. The van der Waals surface area contributed by atoms with Crippen molar-refractivity contribution in [3.05, 3.63) is 42.2 Å². The Kier molecular flexibility index (Phi) is 2.72. The minimum Gasteiger partial charge on any atom is -0.508 e. The fourth-order valence-electron chi connectivity index (χ4n) is 1.31. The molecule has 1 aromatic carbocycles. The first kappa shape index (κ1) is 11.4. The predicted octanol–water partition coefficient (Wildman–Crippen LogP) is 1.63. The normalized spacial score (nSPS) is 11.3. The Balaban J connectivity index is 2.53. The first-order chi connectivity index (χ1) is 8.04. The summed E-state index contributed by atoms with van der Waals surface area (Å²) in [5, 5.41) is 8.89. The molecule has 2 aromatic rings. The molecule has 0 amide bonds. The number of hydrogen-bond donors (Lipinski definition) is 1. The molecular formula is C11H8O5S. The molecule has 88 valence electrons. The molecule has 0 atom stereocenters. The molecule has 0 spiro atoms. The van der Waals surface area contributed by atoms with Crippen molar-refractivity contribution in [2.75, 3.05) is 0 Å². The molecular weight excluding hydrogens is 244 g/mol. The van der Waals surface area contributed by atoms with Gasteiger partial charge in [-0.05, 0) is 30.3 Å². The van der Waals surface area contributed by atoms with Gasteiger partial charge in [-0.25, -0.2) is 8.42 Å². The van der Waals surface area contributed by atoms with Gasteiger partial charge in [-0.1, -0.05) is 6.07 Å². The zero-order chi connectivity index (χ0) is 12.5. The molecule has 1 aromatic heterocycles. The van der Waals surface area contributed by atoms with Crippen molar-refractivity contribution in [3.8, 4) is 5.75 Å². The van der Waals surface area contributed by atoms with Gasteiger partial charge >= 0.3 is 0 Å². The Morgan fingerprint density at radius 3 is 2.53 bits per heavy atom. The monoisotopic (exact) mass is 252 g/mol. The molecule has 0 bridgehead atoms. The lowest BCUT2D eigenvalue weighted by molar-refractivity contribution is 0.109. The van der Waals surface area contributed by atoms with E-state index < -0.39 is 9.84 Å². The van der Waals surface area contributed by atoms with Crippen LogP contribution in [0.1, 0.15) is 10.6 Å². The van der Waals surface area contributed by atoms with Crippen LogP contribution in [0.25, 0.3) is 0 Å². The molecule has 0 aliphatic rings. The van der Waals surface area contributed by atoms with Crippen LogP contribution in [0.15, 0.2) is 50.8 Å². The van der Waals surface area contributed by atoms with E-state index in [1.165, 1.54) is 30.3 Å². The van der Waals surface area contributed by atoms with Gasteiger partial charge in [0.2, 0.25) is 14.9 Å². The maximum atomic E-state index is 12.0. The summed E-state index contributed by atoms with van der Waals surface area (Å²) in [6.07, 6.45) is 0.418. The number of carbonyl (C=O) groups is 1. The van der Waals surface area contributed by atoms with Crippen molar-refractivity contribution in [2.24, 2.45) is 0 Å². The lowest BCUT2D eigenvalue weighted by Gasteiger charge is -2.01. The molecule has 2 rings (SSSR count). The topological polar surface area (TPSA) is 84.6 Å². The zero-order valence-electron chi connectivity index (χ0n) is 8.53. The lowest BCUT2D eigenvalue weighted by atomic mass is 10.3. The summed E-state index contributed by atoms with van der Waals surface area (Å²) in [6, 6.07) is 7.67. The third kappa shape index (κ3) is 2.07. The van der Waals surface area contributed by atoms with Gasteiger partial charge in [-0.3, -0.25) is 4.79 Å². The number of furan rings is 1. The molecule has 0 saturated heterocycles. The minimum atomic E-state index is -3.84. The van der Waals surface area contributed by atoms with Gasteiger partial charge in [0.1, 0.15) is 5.75 Å². The predicted molar refractivity (Wildman–Crippen MR) is 57.7 cm³/mol. The number of hydrogen-bond acceptors (Lipinski definition) is 5. The van der Waals surface area contributed by atoms with Crippen LogP contribution in [0.2, 0.25) is 0 Å². The number of carbonyl (C=O) groups excluding carboxylic acids is 1. The van der Waals surface area contributed by atoms with Crippen molar-refractivity contribution >= 4 is 16.1 Å². The first-order valence-corrected chi connectivity index (χ1v) is 6.11. The number of phenolic OH excluding ortho intramolecular Hbond substituents is 1. The van der Waals surface area contributed by atoms with E-state index in [0.29, 0.717) is 6.29 Å². The van der Waals surface area contributed by atoms with Crippen LogP contribution in [0, 0.1) is 0 Å². The Bertz CT molecular complexity index is 654. The fraction of sp³-hybridized carbons (Fsp3) is 0. The summed E-state index contributed by atoms with van der Waals surface area (Å²) < 4.78 is 28.8. The maximum absolute atomic E-state index is 12.0. The van der Waals surface area contributed by atoms with Gasteiger partial charge in [0.05, 0.1) is 4.90 Å². The molecule has 0 unspecified atom stereocenters. The van der Waals surface area contributed by atoms with Gasteiger partial charge in [0.15, 0.2) is 12.0 Å². The van der Waals surface area contributed by atoms with Crippen LogP contribution in [0.5, 0.6) is 5.75 Å². The van der Waals surface area contributed by atoms with Crippen molar-refractivity contribution in [1.29, 1.82) is 0 Å². The molecule has 6 heteroatoms. The van der Waals surface area contributed by atoms with E-state index in [9.17, 15) is 18.3 Å². The minimum absolute atomic E-state index is 0.0660. The number of benzene rings is 1. The van der Waals surface area contributed by atoms with Crippen molar-refractivity contribution in [2.45, 2.75) is 9.99 Å². The van der Waals surface area contributed by atoms with Gasteiger partial charge in [-0.2, -0.15) is 0 Å². The molecule has 0 radical (unpaired) electrons. The van der Waals surface area contributed by atoms with E-state index in [1.807, 2.05) is 0 Å². The van der Waals surface area contributed by atoms with Crippen molar-refractivity contribution < 1.29 is 22.7 Å². The van der Waals surface area contributed by atoms with Crippen LogP contribution in [0.3, 0.4) is 0 Å². The molecule has 17 heavy (non-hydrogen) atoms. The van der Waals surface area contributed by atoms with Crippen LogP contribution in [-0.4, -0.2) is 19.8 Å². The molecule has 5 nitrogen and oxygen atoms in total. The number of aromatic hydroxyl groups is 1. The zero-order valence-corrected chi connectivity index (χ0v) is 9.35. The molecule has 0 saturated carbocycles. The van der Waals surface area contributed by atoms with Gasteiger partial charge in [0, 0.05) is 0 Å². The van der Waals surface area contributed by atoms with E-state index in [0.717, 1.165) is 6.07 Å². The second kappa shape index (κ2) is 4.06. The Hall–Kier alpha value is -2.08. The summed E-state index contributed by atoms with van der Waals surface area (Å²) in [5.74, 6) is -0.225. The molecule has 0 fully saturated rings. The number of phenols is 1. The SMILES string of the molecule is O=Cc1ccc(S(=O)(=O)c2cccc(O)c2)o1. The number of sulfone groups is 1. The Morgan fingerprint density at radius 2 is 1.94 bits per heavy atom. The summed E-state index contributed by atoms with van der Waals surface area (Å²) in [5.41, 5.74) is 0. The highest BCUT2D eigenvalue weighted by molar-refractivity contribution is 7.91. The average Bonchev–Trinajstić information content (AvgIpc) is 2.78. The first-order valence-electron chi connectivity index (χ1n) is 4.63. The third-order valence-electron chi connectivity index (χ3n) is 2.11. The molecule has 0 aliphatic carbocycles. The Labute approximate surface area is 97.2 Å². The van der Waals surface area contributed by atoms with Gasteiger partial charge in [0.25, 0.3) is 0 Å². The van der Waals surface area contributed by atoms with Crippen molar-refractivity contribution in [3.63, 3.8) is 0 Å². The van der Waals surface area contributed by atoms with Crippen molar-refractivity contribution in [1.82, 2.24) is 0 Å². The van der Waals surface area contributed by atoms with E-state index in [4.69, 9.17) is 4.42 Å². The second-order valence-electron chi connectivity index (χ2n) is 3.28. The summed E-state index contributed by atoms with van der Waals surface area (Å²) in [6.45, 7) is 0. The van der Waals surface area contributed by atoms with Gasteiger partial charge < -0.3 is 9.52 Å². The van der Waals surface area contributed by atoms with Crippen LogP contribution < -0.4 is 0 Å². The molecule has 1 heterocycles. The molecule has 1 N–H and O–H groups in total. The smallest absolute Gasteiger partial charge is 0.239 e. The highest BCUT2D eigenvalue weighted by Crippen LogP contribution is 2.24. The quantitative estimate of drug-likeness (QED) is 0.839. The Morgan fingerprint density at radius 1 is 1.18 bits per heavy atom. The standard InChI is InChI=1S/C11H8O5S/c12-7-9-4-5-11(16-9)17(14,15)10-3-1-2-8(13)6-10/h1-7,13H. The van der Waals surface area contributed by atoms with E-state index in [2.05, 4.69) is 0 Å². The highest BCUT2D eigenvalue weighted by atomic mass is 32.2. The van der Waals surface area contributed by atoms with Crippen LogP contribution >= 0.6 is 0 Å². The van der Waals surface area contributed by atoms with E-state index >= 15 is 0 Å². The maximum Gasteiger partial charge on any atom is 0.239 e. The third-order valence-corrected chi connectivity index (χ3v) is 3.73. The van der Waals surface area contributed by atoms with E-state index in [-0.39, 0.29) is 21.5 Å². The second-order valence-corrected chi connectivity index (χ2v) is 5.16. The van der Waals surface area contributed by atoms with Gasteiger partial charge in [-0.15, -0.1) is 0 Å². The van der Waals surface area contributed by atoms with Crippen LogP contribution in [0.4, 0.5) is 0 Å². The summed E-state index contributed by atoms with van der Waals surface area (Å²) in [7, 11) is -3.84.